The highest BCUT2D eigenvalue weighted by molar-refractivity contribution is 6.78. The summed E-state index contributed by atoms with van der Waals surface area (Å²) in [5.41, 5.74) is 1.32. The van der Waals surface area contributed by atoms with Crippen LogP contribution in [0.1, 0.15) is 47.1 Å². The van der Waals surface area contributed by atoms with Crippen LogP contribution in [0.4, 0.5) is 0 Å². The van der Waals surface area contributed by atoms with E-state index in [1.54, 1.807) is 0 Å². The predicted molar refractivity (Wildman–Crippen MR) is 115 cm³/mol. The van der Waals surface area contributed by atoms with Crippen LogP contribution >= 0.6 is 0 Å². The molecule has 0 atom stereocenters. The molecule has 1 aromatic rings. The minimum atomic E-state index is -2.74. The van der Waals surface area contributed by atoms with Crippen molar-refractivity contribution in [3.05, 3.63) is 35.9 Å². The summed E-state index contributed by atoms with van der Waals surface area (Å²) in [6.45, 7) is 20.7. The van der Waals surface area contributed by atoms with E-state index in [0.717, 1.165) is 12.7 Å². The van der Waals surface area contributed by atoms with Crippen molar-refractivity contribution in [1.29, 1.82) is 0 Å². The molecule has 0 amide bonds. The molecule has 0 spiro atoms. The van der Waals surface area contributed by atoms with Gasteiger partial charge in [-0.3, -0.25) is 0 Å². The number of rotatable bonds is 11. The fourth-order valence-electron chi connectivity index (χ4n) is 2.88. The molecule has 0 radical (unpaired) electrons. The maximum Gasteiger partial charge on any atom is 0.515 e. The van der Waals surface area contributed by atoms with Gasteiger partial charge in [-0.15, -0.1) is 0 Å². The van der Waals surface area contributed by atoms with Crippen LogP contribution in [0.15, 0.2) is 30.3 Å². The molecule has 150 valence electrons. The zero-order valence-corrected chi connectivity index (χ0v) is 20.1. The van der Waals surface area contributed by atoms with Gasteiger partial charge in [0, 0.05) is 26.4 Å². The van der Waals surface area contributed by atoms with Gasteiger partial charge >= 0.3 is 8.80 Å². The van der Waals surface area contributed by atoms with Crippen LogP contribution in [0.3, 0.4) is 0 Å². The minimum Gasteiger partial charge on any atom is -0.373 e. The number of hydrogen-bond acceptors (Lipinski definition) is 4. The number of nitrogens with zero attached hydrogens (tertiary/aromatic N) is 1. The van der Waals surface area contributed by atoms with Gasteiger partial charge in [-0.05, 0) is 31.4 Å². The second kappa shape index (κ2) is 10.2. The smallest absolute Gasteiger partial charge is 0.373 e. The van der Waals surface area contributed by atoms with E-state index in [-0.39, 0.29) is 5.04 Å². The van der Waals surface area contributed by atoms with Gasteiger partial charge < -0.3 is 17.8 Å². The molecule has 0 bridgehead atoms. The molecule has 1 aromatic carbocycles. The van der Waals surface area contributed by atoms with E-state index in [2.05, 4.69) is 68.8 Å². The first-order valence-corrected chi connectivity index (χ1v) is 14.7. The van der Waals surface area contributed by atoms with Gasteiger partial charge in [0.2, 0.25) is 0 Å². The van der Waals surface area contributed by atoms with E-state index in [0.29, 0.717) is 19.8 Å². The molecule has 26 heavy (non-hydrogen) atoms. The lowest BCUT2D eigenvalue weighted by atomic mass is 10.2. The van der Waals surface area contributed by atoms with Crippen molar-refractivity contribution in [2.45, 2.75) is 66.2 Å². The third kappa shape index (κ3) is 6.28. The molecule has 0 aromatic heterocycles. The van der Waals surface area contributed by atoms with Gasteiger partial charge in [0.25, 0.3) is 0 Å². The fraction of sp³-hybridized carbons (Fsp3) is 0.700. The highest BCUT2D eigenvalue weighted by Gasteiger charge is 2.49. The van der Waals surface area contributed by atoms with Crippen LogP contribution in [0.2, 0.25) is 18.1 Å². The van der Waals surface area contributed by atoms with Crippen molar-refractivity contribution in [3.63, 3.8) is 0 Å². The lowest BCUT2D eigenvalue weighted by Gasteiger charge is -2.48. The summed E-state index contributed by atoms with van der Waals surface area (Å²) in [6.07, 6.45) is 0.744. The predicted octanol–water partition coefficient (Wildman–Crippen LogP) is 5.08. The first-order chi connectivity index (χ1) is 12.1. The molecule has 6 heteroatoms. The van der Waals surface area contributed by atoms with Crippen molar-refractivity contribution < 1.29 is 13.3 Å². The van der Waals surface area contributed by atoms with E-state index < -0.39 is 17.0 Å². The Morgan fingerprint density at radius 1 is 0.846 bits per heavy atom. The Morgan fingerprint density at radius 3 is 1.69 bits per heavy atom. The fourth-order valence-corrected chi connectivity index (χ4v) is 9.00. The zero-order valence-electron chi connectivity index (χ0n) is 18.1. The largest absolute Gasteiger partial charge is 0.515 e. The zero-order chi connectivity index (χ0) is 19.8. The first kappa shape index (κ1) is 23.5. The highest BCUT2D eigenvalue weighted by atomic mass is 28.4. The molecular weight excluding hydrogens is 358 g/mol. The Morgan fingerprint density at radius 2 is 1.31 bits per heavy atom. The third-order valence-corrected chi connectivity index (χ3v) is 14.2. The van der Waals surface area contributed by atoms with Crippen LogP contribution in [0, 0.1) is 0 Å². The summed E-state index contributed by atoms with van der Waals surface area (Å²) in [4.78, 5) is 0. The molecule has 0 aliphatic heterocycles. The first-order valence-electron chi connectivity index (χ1n) is 9.82. The topological polar surface area (TPSA) is 30.9 Å². The van der Waals surface area contributed by atoms with Gasteiger partial charge in [-0.2, -0.15) is 0 Å². The maximum absolute atomic E-state index is 6.16. The molecule has 1 rings (SSSR count). The van der Waals surface area contributed by atoms with Crippen molar-refractivity contribution in [2.24, 2.45) is 0 Å². The van der Waals surface area contributed by atoms with Crippen LogP contribution in [0.5, 0.6) is 0 Å². The standard InChI is InChI=1S/C20H39NO3Si2/c1-9-22-26(23-10-2,24-11-3)18-21(25(7,8)20(4,5)6)17-19-15-13-12-14-16-19/h12-16H,9-11,17-18H2,1-8H3. The number of hydrogen-bond donors (Lipinski definition) is 0. The van der Waals surface area contributed by atoms with E-state index in [9.17, 15) is 0 Å². The molecule has 0 saturated carbocycles. The lowest BCUT2D eigenvalue weighted by molar-refractivity contribution is 0.0626. The normalized spacial score (nSPS) is 13.4. The summed E-state index contributed by atoms with van der Waals surface area (Å²) in [5.74, 6) is 0. The Kier molecular flexibility index (Phi) is 9.19. The van der Waals surface area contributed by atoms with Crippen LogP contribution in [-0.4, -0.2) is 47.6 Å². The molecular formula is C20H39NO3Si2. The van der Waals surface area contributed by atoms with Gasteiger partial charge in [-0.25, -0.2) is 0 Å². The SMILES string of the molecule is CCO[Si](CN(Cc1ccccc1)[Si](C)(C)C(C)(C)C)(OCC)OCC. The lowest BCUT2D eigenvalue weighted by Crippen LogP contribution is -2.63. The van der Waals surface area contributed by atoms with Crippen molar-refractivity contribution in [3.8, 4) is 0 Å². The van der Waals surface area contributed by atoms with Gasteiger partial charge in [0.15, 0.2) is 0 Å². The highest BCUT2D eigenvalue weighted by Crippen LogP contribution is 2.39. The van der Waals surface area contributed by atoms with Crippen molar-refractivity contribution in [2.75, 3.05) is 26.0 Å². The molecule has 0 fully saturated rings. The van der Waals surface area contributed by atoms with E-state index >= 15 is 0 Å². The number of benzene rings is 1. The van der Waals surface area contributed by atoms with E-state index in [1.165, 1.54) is 5.56 Å². The monoisotopic (exact) mass is 397 g/mol. The van der Waals surface area contributed by atoms with Crippen LogP contribution < -0.4 is 0 Å². The summed E-state index contributed by atoms with van der Waals surface area (Å²) >= 11 is 0. The molecule has 0 heterocycles. The van der Waals surface area contributed by atoms with E-state index in [4.69, 9.17) is 13.3 Å². The Labute approximate surface area is 163 Å². The Hall–Kier alpha value is -0.506. The molecule has 0 N–H and O–H groups in total. The molecule has 0 aliphatic carbocycles. The van der Waals surface area contributed by atoms with Crippen molar-refractivity contribution in [1.82, 2.24) is 4.57 Å². The molecule has 0 saturated heterocycles. The second-order valence-electron chi connectivity index (χ2n) is 8.13. The second-order valence-corrected chi connectivity index (χ2v) is 15.9. The van der Waals surface area contributed by atoms with Crippen molar-refractivity contribution >= 4 is 17.0 Å². The minimum absolute atomic E-state index is 0.229. The van der Waals surface area contributed by atoms with Gasteiger partial charge in [-0.1, -0.05) is 64.2 Å². The summed E-state index contributed by atoms with van der Waals surface area (Å²) in [5, 5.41) is 0.229. The van der Waals surface area contributed by atoms with Gasteiger partial charge in [0.05, 0.1) is 6.17 Å². The summed E-state index contributed by atoms with van der Waals surface area (Å²) in [7, 11) is -4.53. The molecule has 0 unspecified atom stereocenters. The van der Waals surface area contributed by atoms with Gasteiger partial charge in [0.1, 0.15) is 8.24 Å². The quantitative estimate of drug-likeness (QED) is 0.487. The van der Waals surface area contributed by atoms with Crippen LogP contribution in [0.25, 0.3) is 0 Å². The average molecular weight is 398 g/mol. The Balaban J connectivity index is 3.24. The Bertz CT molecular complexity index is 501. The molecule has 4 nitrogen and oxygen atoms in total. The third-order valence-electron chi connectivity index (χ3n) is 5.32. The van der Waals surface area contributed by atoms with E-state index in [1.807, 2.05) is 20.8 Å². The summed E-state index contributed by atoms with van der Waals surface area (Å²) < 4.78 is 21.1. The summed E-state index contributed by atoms with van der Waals surface area (Å²) in [6, 6.07) is 10.7. The average Bonchev–Trinajstić information content (AvgIpc) is 2.55. The van der Waals surface area contributed by atoms with Crippen LogP contribution in [-0.2, 0) is 19.8 Å². The maximum atomic E-state index is 6.16. The molecule has 0 aliphatic rings.